The molecule has 0 heterocycles. The highest BCUT2D eigenvalue weighted by molar-refractivity contribution is 7.89. The van der Waals surface area contributed by atoms with Crippen LogP contribution < -0.4 is 5.32 Å². The predicted molar refractivity (Wildman–Crippen MR) is 106 cm³/mol. The van der Waals surface area contributed by atoms with Crippen LogP contribution in [0.25, 0.3) is 0 Å². The Morgan fingerprint density at radius 3 is 2.30 bits per heavy atom. The van der Waals surface area contributed by atoms with Crippen molar-refractivity contribution < 1.29 is 18.0 Å². The Bertz CT molecular complexity index is 779. The number of benzene rings is 1. The summed E-state index contributed by atoms with van der Waals surface area (Å²) < 4.78 is 23.1. The first-order valence-corrected chi connectivity index (χ1v) is 11.7. The smallest absolute Gasteiger partial charge is 0.252 e. The van der Waals surface area contributed by atoms with Gasteiger partial charge in [-0.15, -0.1) is 0 Å². The van der Waals surface area contributed by atoms with Gasteiger partial charge in [-0.3, -0.25) is 9.59 Å². The predicted octanol–water partition coefficient (Wildman–Crippen LogP) is 2.53. The van der Waals surface area contributed by atoms with E-state index in [-0.39, 0.29) is 17.6 Å². The summed E-state index contributed by atoms with van der Waals surface area (Å²) in [6.45, 7) is 5.09. The lowest BCUT2D eigenvalue weighted by molar-refractivity contribution is -0.139. The van der Waals surface area contributed by atoms with Gasteiger partial charge in [-0.25, -0.2) is 8.42 Å². The van der Waals surface area contributed by atoms with Crippen molar-refractivity contribution in [2.24, 2.45) is 0 Å². The van der Waals surface area contributed by atoms with E-state index in [9.17, 15) is 18.0 Å². The second kappa shape index (κ2) is 8.87. The number of carbonyl (C=O) groups is 2. The van der Waals surface area contributed by atoms with Gasteiger partial charge < -0.3 is 10.2 Å². The van der Waals surface area contributed by atoms with Crippen LogP contribution in [-0.2, 0) is 20.4 Å². The third-order valence-electron chi connectivity index (χ3n) is 5.14. The fraction of sp³-hybridized carbons (Fsp3) is 0.600. The van der Waals surface area contributed by atoms with Gasteiger partial charge in [-0.2, -0.15) is 0 Å². The van der Waals surface area contributed by atoms with E-state index in [4.69, 9.17) is 0 Å². The molecule has 150 valence electrons. The minimum absolute atomic E-state index is 0.0205. The molecule has 1 aromatic rings. The van der Waals surface area contributed by atoms with E-state index in [0.717, 1.165) is 19.3 Å². The SMILES string of the molecule is CCN(CC)C(=O)C1(NC(=O)c2cccc(CS(C)(=O)=O)c2)CCCCC1. The standard InChI is InChI=1S/C20H30N2O4S/c1-4-22(5-2)19(24)20(12-7-6-8-13-20)21-18(23)17-11-9-10-16(14-17)15-27(3,25)26/h9-11,14H,4-8,12-13,15H2,1-3H3,(H,21,23). The maximum Gasteiger partial charge on any atom is 0.252 e. The zero-order valence-corrected chi connectivity index (χ0v) is 17.3. The summed E-state index contributed by atoms with van der Waals surface area (Å²) in [6.07, 6.45) is 5.31. The number of hydrogen-bond donors (Lipinski definition) is 1. The molecule has 1 aliphatic rings. The molecule has 0 bridgehead atoms. The number of likely N-dealkylation sites (N-methyl/N-ethyl adjacent to an activating group) is 1. The van der Waals surface area contributed by atoms with Crippen molar-refractivity contribution in [1.29, 1.82) is 0 Å². The zero-order chi connectivity index (χ0) is 20.1. The molecule has 7 heteroatoms. The minimum Gasteiger partial charge on any atom is -0.341 e. The van der Waals surface area contributed by atoms with Crippen molar-refractivity contribution in [2.45, 2.75) is 57.2 Å². The van der Waals surface area contributed by atoms with Gasteiger partial charge in [-0.05, 0) is 44.4 Å². The number of rotatable bonds is 7. The summed E-state index contributed by atoms with van der Waals surface area (Å²) in [7, 11) is -3.18. The molecule has 0 atom stereocenters. The molecule has 1 aromatic carbocycles. The lowest BCUT2D eigenvalue weighted by atomic mass is 9.80. The Morgan fingerprint density at radius 1 is 1.11 bits per heavy atom. The van der Waals surface area contributed by atoms with Crippen LogP contribution in [0, 0.1) is 0 Å². The third-order valence-corrected chi connectivity index (χ3v) is 6.00. The molecule has 1 N–H and O–H groups in total. The Balaban J connectivity index is 2.26. The van der Waals surface area contributed by atoms with Gasteiger partial charge in [0.05, 0.1) is 5.75 Å². The molecule has 2 rings (SSSR count). The normalized spacial score (nSPS) is 16.6. The van der Waals surface area contributed by atoms with Crippen LogP contribution in [0.2, 0.25) is 0 Å². The van der Waals surface area contributed by atoms with Crippen molar-refractivity contribution in [1.82, 2.24) is 10.2 Å². The quantitative estimate of drug-likeness (QED) is 0.770. The summed E-state index contributed by atoms with van der Waals surface area (Å²) >= 11 is 0. The van der Waals surface area contributed by atoms with Gasteiger partial charge in [0.1, 0.15) is 5.54 Å². The molecular weight excluding hydrogens is 364 g/mol. The first-order chi connectivity index (χ1) is 12.7. The van der Waals surface area contributed by atoms with E-state index in [2.05, 4.69) is 5.32 Å². The number of amides is 2. The number of carbonyl (C=O) groups excluding carboxylic acids is 2. The van der Waals surface area contributed by atoms with Crippen LogP contribution in [0.1, 0.15) is 61.9 Å². The van der Waals surface area contributed by atoms with Crippen molar-refractivity contribution in [2.75, 3.05) is 19.3 Å². The van der Waals surface area contributed by atoms with Crippen molar-refractivity contribution in [3.8, 4) is 0 Å². The van der Waals surface area contributed by atoms with Gasteiger partial charge in [0.25, 0.3) is 5.91 Å². The molecule has 0 aliphatic heterocycles. The number of hydrogen-bond acceptors (Lipinski definition) is 4. The lowest BCUT2D eigenvalue weighted by Crippen LogP contribution is -2.60. The van der Waals surface area contributed by atoms with Gasteiger partial charge in [0.2, 0.25) is 5.91 Å². The number of sulfone groups is 1. The number of nitrogens with one attached hydrogen (secondary N) is 1. The molecule has 0 spiro atoms. The second-order valence-electron chi connectivity index (χ2n) is 7.34. The summed E-state index contributed by atoms with van der Waals surface area (Å²) in [6, 6.07) is 6.61. The summed E-state index contributed by atoms with van der Waals surface area (Å²) in [5, 5.41) is 3.01. The largest absolute Gasteiger partial charge is 0.341 e. The molecule has 27 heavy (non-hydrogen) atoms. The lowest BCUT2D eigenvalue weighted by Gasteiger charge is -2.40. The Kier molecular flexibility index (Phi) is 7.03. The molecule has 1 aliphatic carbocycles. The van der Waals surface area contributed by atoms with E-state index in [1.807, 2.05) is 13.8 Å². The highest BCUT2D eigenvalue weighted by Crippen LogP contribution is 2.30. The molecule has 1 fully saturated rings. The average molecular weight is 395 g/mol. The fourth-order valence-electron chi connectivity index (χ4n) is 3.76. The van der Waals surface area contributed by atoms with Gasteiger partial charge >= 0.3 is 0 Å². The molecule has 0 aromatic heterocycles. The first kappa shape index (κ1) is 21.4. The number of nitrogens with zero attached hydrogens (tertiary/aromatic N) is 1. The van der Waals surface area contributed by atoms with E-state index < -0.39 is 15.4 Å². The Morgan fingerprint density at radius 2 is 1.74 bits per heavy atom. The van der Waals surface area contributed by atoms with E-state index >= 15 is 0 Å². The van der Waals surface area contributed by atoms with Crippen LogP contribution >= 0.6 is 0 Å². The van der Waals surface area contributed by atoms with Crippen LogP contribution in [-0.4, -0.2) is 50.0 Å². The van der Waals surface area contributed by atoms with Gasteiger partial charge in [0.15, 0.2) is 9.84 Å². The summed E-state index contributed by atoms with van der Waals surface area (Å²) in [5.41, 5.74) is 0.0835. The molecule has 2 amide bonds. The zero-order valence-electron chi connectivity index (χ0n) is 16.5. The van der Waals surface area contributed by atoms with Crippen LogP contribution in [0.5, 0.6) is 0 Å². The molecular formula is C20H30N2O4S. The van der Waals surface area contributed by atoms with Crippen molar-refractivity contribution in [3.05, 3.63) is 35.4 Å². The minimum atomic E-state index is -3.18. The van der Waals surface area contributed by atoms with Crippen LogP contribution in [0.15, 0.2) is 24.3 Å². The van der Waals surface area contributed by atoms with Crippen LogP contribution in [0.3, 0.4) is 0 Å². The van der Waals surface area contributed by atoms with Gasteiger partial charge in [-0.1, -0.05) is 31.4 Å². The maximum atomic E-state index is 13.1. The van der Waals surface area contributed by atoms with Crippen LogP contribution in [0.4, 0.5) is 0 Å². The average Bonchev–Trinajstić information content (AvgIpc) is 2.62. The van der Waals surface area contributed by atoms with E-state index in [1.54, 1.807) is 29.2 Å². The topological polar surface area (TPSA) is 83.6 Å². The highest BCUT2D eigenvalue weighted by atomic mass is 32.2. The molecule has 0 radical (unpaired) electrons. The molecule has 6 nitrogen and oxygen atoms in total. The maximum absolute atomic E-state index is 13.1. The monoisotopic (exact) mass is 394 g/mol. The fourth-order valence-corrected chi connectivity index (χ4v) is 4.54. The van der Waals surface area contributed by atoms with Gasteiger partial charge in [0, 0.05) is 24.9 Å². The summed E-state index contributed by atoms with van der Waals surface area (Å²) in [5.74, 6) is -0.460. The van der Waals surface area contributed by atoms with E-state index in [0.29, 0.717) is 37.1 Å². The summed E-state index contributed by atoms with van der Waals surface area (Å²) in [4.78, 5) is 27.8. The third kappa shape index (κ3) is 5.54. The molecule has 0 unspecified atom stereocenters. The Labute approximate surface area is 162 Å². The van der Waals surface area contributed by atoms with Crippen molar-refractivity contribution >= 4 is 21.7 Å². The Hall–Kier alpha value is -1.89. The van der Waals surface area contributed by atoms with Crippen molar-refractivity contribution in [3.63, 3.8) is 0 Å². The molecule has 1 saturated carbocycles. The molecule has 0 saturated heterocycles. The second-order valence-corrected chi connectivity index (χ2v) is 9.48. The first-order valence-electron chi connectivity index (χ1n) is 9.59. The van der Waals surface area contributed by atoms with E-state index in [1.165, 1.54) is 6.26 Å². The highest BCUT2D eigenvalue weighted by Gasteiger charge is 2.42.